The van der Waals surface area contributed by atoms with Crippen LogP contribution >= 0.6 is 11.6 Å². The fourth-order valence-corrected chi connectivity index (χ4v) is 1.81. The number of rotatable bonds is 5. The monoisotopic (exact) mass is 323 g/mol. The maximum Gasteiger partial charge on any atom is 0.387 e. The summed E-state index contributed by atoms with van der Waals surface area (Å²) in [7, 11) is 0. The van der Waals surface area contributed by atoms with Crippen molar-refractivity contribution in [3.8, 4) is 5.75 Å². The Morgan fingerprint density at radius 3 is 2.50 bits per heavy atom. The van der Waals surface area contributed by atoms with Crippen LogP contribution in [0.1, 0.15) is 5.56 Å². The molecule has 0 radical (unpaired) electrons. The molecule has 0 saturated carbocycles. The van der Waals surface area contributed by atoms with Crippen LogP contribution in [0.15, 0.2) is 54.6 Å². The lowest BCUT2D eigenvalue weighted by atomic mass is 10.2. The molecule has 0 spiro atoms. The van der Waals surface area contributed by atoms with Crippen LogP contribution in [0, 0.1) is 0 Å². The number of para-hydroxylation sites is 2. The number of benzene rings is 2. The standard InChI is InChI=1S/C16H12ClF2NO2/c17-12-8-5-11(6-9-12)7-10-15(21)20-13-3-1-2-4-14(13)22-16(18)19/h1-10,16H,(H,20,21). The van der Waals surface area contributed by atoms with Crippen molar-refractivity contribution in [2.24, 2.45) is 0 Å². The lowest BCUT2D eigenvalue weighted by Gasteiger charge is -2.10. The van der Waals surface area contributed by atoms with Crippen LogP contribution in [0.2, 0.25) is 5.02 Å². The minimum absolute atomic E-state index is 0.0919. The van der Waals surface area contributed by atoms with Gasteiger partial charge in [0, 0.05) is 11.1 Å². The molecule has 0 saturated heterocycles. The van der Waals surface area contributed by atoms with Gasteiger partial charge in [0.05, 0.1) is 5.69 Å². The van der Waals surface area contributed by atoms with E-state index in [2.05, 4.69) is 10.1 Å². The van der Waals surface area contributed by atoms with Crippen LogP contribution in [0.5, 0.6) is 5.75 Å². The van der Waals surface area contributed by atoms with Gasteiger partial charge in [0.25, 0.3) is 0 Å². The Kier molecular flexibility index (Phi) is 5.49. The highest BCUT2D eigenvalue weighted by Crippen LogP contribution is 2.25. The molecule has 0 unspecified atom stereocenters. The first-order valence-corrected chi connectivity index (χ1v) is 6.71. The zero-order valence-electron chi connectivity index (χ0n) is 11.3. The summed E-state index contributed by atoms with van der Waals surface area (Å²) in [5.41, 5.74) is 0.963. The van der Waals surface area contributed by atoms with E-state index in [0.29, 0.717) is 5.02 Å². The van der Waals surface area contributed by atoms with Crippen molar-refractivity contribution in [1.29, 1.82) is 0 Å². The number of amides is 1. The topological polar surface area (TPSA) is 38.3 Å². The van der Waals surface area contributed by atoms with E-state index in [1.165, 1.54) is 24.3 Å². The van der Waals surface area contributed by atoms with E-state index in [4.69, 9.17) is 11.6 Å². The molecule has 0 aliphatic heterocycles. The molecule has 3 nitrogen and oxygen atoms in total. The predicted molar refractivity (Wildman–Crippen MR) is 82.2 cm³/mol. The molecule has 0 atom stereocenters. The van der Waals surface area contributed by atoms with E-state index in [9.17, 15) is 13.6 Å². The first kappa shape index (κ1) is 16.0. The summed E-state index contributed by atoms with van der Waals surface area (Å²) in [6.07, 6.45) is 2.88. The van der Waals surface area contributed by atoms with Gasteiger partial charge in [0.15, 0.2) is 0 Å². The van der Waals surface area contributed by atoms with Gasteiger partial charge in [-0.1, -0.05) is 35.9 Å². The Morgan fingerprint density at radius 1 is 1.14 bits per heavy atom. The highest BCUT2D eigenvalue weighted by atomic mass is 35.5. The smallest absolute Gasteiger partial charge is 0.387 e. The largest absolute Gasteiger partial charge is 0.433 e. The van der Waals surface area contributed by atoms with Crippen LogP contribution < -0.4 is 10.1 Å². The SMILES string of the molecule is O=C(C=Cc1ccc(Cl)cc1)Nc1ccccc1OC(F)F. The van der Waals surface area contributed by atoms with Crippen LogP contribution in [-0.4, -0.2) is 12.5 Å². The highest BCUT2D eigenvalue weighted by Gasteiger charge is 2.10. The Labute approximate surface area is 131 Å². The van der Waals surface area contributed by atoms with Gasteiger partial charge in [0.2, 0.25) is 5.91 Å². The van der Waals surface area contributed by atoms with Gasteiger partial charge >= 0.3 is 6.61 Å². The van der Waals surface area contributed by atoms with Crippen molar-refractivity contribution in [2.75, 3.05) is 5.32 Å². The molecular weight excluding hydrogens is 312 g/mol. The lowest BCUT2D eigenvalue weighted by Crippen LogP contribution is -2.11. The number of ether oxygens (including phenoxy) is 1. The van der Waals surface area contributed by atoms with Crippen LogP contribution in [0.25, 0.3) is 6.08 Å². The number of hydrogen-bond acceptors (Lipinski definition) is 2. The summed E-state index contributed by atoms with van der Waals surface area (Å²) in [6.45, 7) is -2.96. The number of halogens is 3. The Bertz CT molecular complexity index is 672. The molecule has 114 valence electrons. The molecule has 1 amide bonds. The van der Waals surface area contributed by atoms with E-state index in [-0.39, 0.29) is 11.4 Å². The zero-order valence-corrected chi connectivity index (χ0v) is 12.1. The number of hydrogen-bond donors (Lipinski definition) is 1. The van der Waals surface area contributed by atoms with Gasteiger partial charge < -0.3 is 10.1 Å². The molecule has 2 aromatic carbocycles. The van der Waals surface area contributed by atoms with E-state index in [1.54, 1.807) is 36.4 Å². The van der Waals surface area contributed by atoms with Crippen molar-refractivity contribution < 1.29 is 18.3 Å². The second-order valence-electron chi connectivity index (χ2n) is 4.25. The average Bonchev–Trinajstić information content (AvgIpc) is 2.48. The van der Waals surface area contributed by atoms with Gasteiger partial charge in [-0.3, -0.25) is 4.79 Å². The second kappa shape index (κ2) is 7.56. The molecule has 2 aromatic rings. The van der Waals surface area contributed by atoms with E-state index >= 15 is 0 Å². The molecule has 0 aliphatic carbocycles. The third kappa shape index (κ3) is 4.86. The first-order valence-electron chi connectivity index (χ1n) is 6.33. The molecule has 0 aromatic heterocycles. The van der Waals surface area contributed by atoms with Gasteiger partial charge in [-0.25, -0.2) is 0 Å². The molecule has 22 heavy (non-hydrogen) atoms. The van der Waals surface area contributed by atoms with Gasteiger partial charge in [0.1, 0.15) is 5.75 Å². The quantitative estimate of drug-likeness (QED) is 0.817. The van der Waals surface area contributed by atoms with Gasteiger partial charge in [-0.15, -0.1) is 0 Å². The van der Waals surface area contributed by atoms with E-state index in [0.717, 1.165) is 5.56 Å². The van der Waals surface area contributed by atoms with Crippen LogP contribution in [0.4, 0.5) is 14.5 Å². The maximum absolute atomic E-state index is 12.3. The zero-order chi connectivity index (χ0) is 15.9. The molecule has 0 fully saturated rings. The van der Waals surface area contributed by atoms with Crippen molar-refractivity contribution in [1.82, 2.24) is 0 Å². The molecule has 2 rings (SSSR count). The van der Waals surface area contributed by atoms with Gasteiger partial charge in [-0.05, 0) is 35.9 Å². The molecule has 1 N–H and O–H groups in total. The van der Waals surface area contributed by atoms with E-state index < -0.39 is 12.5 Å². The van der Waals surface area contributed by atoms with Crippen LogP contribution in [0.3, 0.4) is 0 Å². The number of carbonyl (C=O) groups is 1. The minimum atomic E-state index is -2.96. The summed E-state index contributed by atoms with van der Waals surface area (Å²) in [5, 5.41) is 3.08. The van der Waals surface area contributed by atoms with Crippen molar-refractivity contribution in [2.45, 2.75) is 6.61 Å². The average molecular weight is 324 g/mol. The van der Waals surface area contributed by atoms with Crippen LogP contribution in [-0.2, 0) is 4.79 Å². The van der Waals surface area contributed by atoms with Crippen molar-refractivity contribution >= 4 is 29.3 Å². The molecule has 0 heterocycles. The molecule has 6 heteroatoms. The first-order chi connectivity index (χ1) is 10.5. The summed E-state index contributed by atoms with van der Waals surface area (Å²) in [6, 6.07) is 12.9. The van der Waals surface area contributed by atoms with Crippen molar-refractivity contribution in [3.63, 3.8) is 0 Å². The number of nitrogens with one attached hydrogen (secondary N) is 1. The number of anilines is 1. The second-order valence-corrected chi connectivity index (χ2v) is 4.69. The summed E-state index contributed by atoms with van der Waals surface area (Å²) in [5.74, 6) is -0.550. The maximum atomic E-state index is 12.3. The molecular formula is C16H12ClF2NO2. The Morgan fingerprint density at radius 2 is 1.82 bits per heavy atom. The number of alkyl halides is 2. The minimum Gasteiger partial charge on any atom is -0.433 e. The summed E-state index contributed by atoms with van der Waals surface area (Å²) >= 11 is 5.76. The number of carbonyl (C=O) groups excluding carboxylic acids is 1. The summed E-state index contributed by atoms with van der Waals surface area (Å²) < 4.78 is 28.9. The van der Waals surface area contributed by atoms with E-state index in [1.807, 2.05) is 0 Å². The third-order valence-electron chi connectivity index (χ3n) is 2.66. The molecule has 0 aliphatic rings. The Hall–Kier alpha value is -2.40. The van der Waals surface area contributed by atoms with Crippen molar-refractivity contribution in [3.05, 3.63) is 65.2 Å². The normalized spacial score (nSPS) is 10.9. The lowest BCUT2D eigenvalue weighted by molar-refractivity contribution is -0.111. The summed E-state index contributed by atoms with van der Waals surface area (Å²) in [4.78, 5) is 11.8. The molecule has 0 bridgehead atoms. The third-order valence-corrected chi connectivity index (χ3v) is 2.91. The fourth-order valence-electron chi connectivity index (χ4n) is 1.69. The van der Waals surface area contributed by atoms with Gasteiger partial charge in [-0.2, -0.15) is 8.78 Å². The highest BCUT2D eigenvalue weighted by molar-refractivity contribution is 6.30. The fraction of sp³-hybridized carbons (Fsp3) is 0.0625. The predicted octanol–water partition coefficient (Wildman–Crippen LogP) is 4.59. The Balaban J connectivity index is 2.04.